The van der Waals surface area contributed by atoms with Gasteiger partial charge in [0, 0.05) is 63.6 Å². The number of amides is 2. The molecule has 3 heterocycles. The summed E-state index contributed by atoms with van der Waals surface area (Å²) < 4.78 is 6.16. The fourth-order valence-corrected chi connectivity index (χ4v) is 5.08. The molecule has 1 fully saturated rings. The molecule has 2 amide bonds. The van der Waals surface area contributed by atoms with Crippen LogP contribution in [-0.2, 0) is 22.7 Å². The quantitative estimate of drug-likeness (QED) is 0.503. The van der Waals surface area contributed by atoms with Gasteiger partial charge < -0.3 is 30.1 Å². The number of rotatable bonds is 8. The summed E-state index contributed by atoms with van der Waals surface area (Å²) in [6.07, 6.45) is 7.11. The molecule has 0 unspecified atom stereocenters. The first kappa shape index (κ1) is 28.6. The number of piperidine rings is 1. The summed E-state index contributed by atoms with van der Waals surface area (Å²) in [7, 11) is 6.24. The van der Waals surface area contributed by atoms with Gasteiger partial charge in [-0.3, -0.25) is 14.6 Å². The molecule has 2 N–H and O–H groups in total. The molecule has 39 heavy (non-hydrogen) atoms. The van der Waals surface area contributed by atoms with Gasteiger partial charge in [-0.2, -0.15) is 0 Å². The molecular weight excluding hydrogens is 492 g/mol. The molecule has 0 radical (unpaired) electrons. The number of pyridine rings is 1. The van der Waals surface area contributed by atoms with E-state index in [1.165, 1.54) is 0 Å². The number of benzene rings is 1. The van der Waals surface area contributed by atoms with Gasteiger partial charge in [-0.1, -0.05) is 18.2 Å². The first-order valence-electron chi connectivity index (χ1n) is 13.8. The molecule has 9 nitrogen and oxygen atoms in total. The third-order valence-electron chi connectivity index (χ3n) is 7.48. The molecule has 210 valence electrons. The van der Waals surface area contributed by atoms with Crippen LogP contribution in [0.4, 0.5) is 5.69 Å². The normalized spacial score (nSPS) is 20.6. The van der Waals surface area contributed by atoms with E-state index in [-0.39, 0.29) is 30.2 Å². The SMILES string of the molecule is CN(C)CCN(C)c1ccc2c(c1)CNCC(=O)N1CC[C@@H](CC(=O)NCc3ccccn3)[C@@H](/C=C\CO2)C1. The molecule has 1 aromatic carbocycles. The van der Waals surface area contributed by atoms with E-state index in [0.29, 0.717) is 39.2 Å². The van der Waals surface area contributed by atoms with Gasteiger partial charge in [0.05, 0.1) is 18.8 Å². The maximum Gasteiger partial charge on any atom is 0.236 e. The Balaban J connectivity index is 1.41. The smallest absolute Gasteiger partial charge is 0.236 e. The summed E-state index contributed by atoms with van der Waals surface area (Å²) in [5.74, 6) is 1.18. The fourth-order valence-electron chi connectivity index (χ4n) is 5.08. The number of nitrogens with one attached hydrogen (secondary N) is 2. The average molecular weight is 535 g/mol. The first-order valence-corrected chi connectivity index (χ1v) is 13.8. The molecule has 4 rings (SSSR count). The van der Waals surface area contributed by atoms with Crippen molar-refractivity contribution in [1.29, 1.82) is 0 Å². The molecule has 1 saturated heterocycles. The zero-order chi connectivity index (χ0) is 27.6. The third kappa shape index (κ3) is 8.53. The molecule has 0 aliphatic carbocycles. The Morgan fingerprint density at radius 3 is 2.85 bits per heavy atom. The van der Waals surface area contributed by atoms with E-state index < -0.39 is 0 Å². The molecule has 0 spiro atoms. The van der Waals surface area contributed by atoms with Gasteiger partial charge in [-0.05, 0) is 62.7 Å². The van der Waals surface area contributed by atoms with Crippen LogP contribution in [0.3, 0.4) is 0 Å². The zero-order valence-electron chi connectivity index (χ0n) is 23.4. The Bertz CT molecular complexity index is 1120. The molecule has 0 saturated carbocycles. The molecule has 9 heteroatoms. The number of anilines is 1. The van der Waals surface area contributed by atoms with Crippen molar-refractivity contribution in [2.75, 3.05) is 65.4 Å². The predicted molar refractivity (Wildman–Crippen MR) is 153 cm³/mol. The fraction of sp³-hybridized carbons (Fsp3) is 0.500. The highest BCUT2D eigenvalue weighted by atomic mass is 16.5. The Labute approximate surface area is 232 Å². The minimum atomic E-state index is 0.0138. The van der Waals surface area contributed by atoms with Crippen molar-refractivity contribution in [3.05, 3.63) is 66.0 Å². The lowest BCUT2D eigenvalue weighted by Crippen LogP contribution is -2.47. The average Bonchev–Trinajstić information content (AvgIpc) is 2.95. The van der Waals surface area contributed by atoms with Gasteiger partial charge >= 0.3 is 0 Å². The van der Waals surface area contributed by atoms with Crippen LogP contribution in [0.1, 0.15) is 24.1 Å². The Kier molecular flexibility index (Phi) is 10.3. The monoisotopic (exact) mass is 534 g/mol. The van der Waals surface area contributed by atoms with E-state index in [2.05, 4.69) is 64.8 Å². The molecule has 2 bridgehead atoms. The van der Waals surface area contributed by atoms with E-state index in [0.717, 1.165) is 42.2 Å². The summed E-state index contributed by atoms with van der Waals surface area (Å²) in [6, 6.07) is 11.9. The van der Waals surface area contributed by atoms with Crippen molar-refractivity contribution in [1.82, 2.24) is 25.4 Å². The number of hydrogen-bond acceptors (Lipinski definition) is 7. The van der Waals surface area contributed by atoms with Crippen LogP contribution < -0.4 is 20.3 Å². The second kappa shape index (κ2) is 14.1. The van der Waals surface area contributed by atoms with Gasteiger partial charge in [-0.25, -0.2) is 0 Å². The molecule has 2 aromatic rings. The second-order valence-corrected chi connectivity index (χ2v) is 10.7. The molecule has 2 aliphatic rings. The molecular formula is C30H42N6O3. The van der Waals surface area contributed by atoms with Gasteiger partial charge in [0.1, 0.15) is 12.4 Å². The Morgan fingerprint density at radius 2 is 2.05 bits per heavy atom. The minimum Gasteiger partial charge on any atom is -0.489 e. The van der Waals surface area contributed by atoms with Crippen LogP contribution in [0, 0.1) is 11.8 Å². The maximum atomic E-state index is 13.1. The van der Waals surface area contributed by atoms with Gasteiger partial charge in [-0.15, -0.1) is 0 Å². The largest absolute Gasteiger partial charge is 0.489 e. The van der Waals surface area contributed by atoms with Crippen molar-refractivity contribution < 1.29 is 14.3 Å². The lowest BCUT2D eigenvalue weighted by Gasteiger charge is -2.37. The summed E-state index contributed by atoms with van der Waals surface area (Å²) in [4.78, 5) is 36.4. The van der Waals surface area contributed by atoms with E-state index in [4.69, 9.17) is 4.74 Å². The van der Waals surface area contributed by atoms with Crippen molar-refractivity contribution in [3.8, 4) is 5.75 Å². The molecule has 2 aliphatic heterocycles. The van der Waals surface area contributed by atoms with Crippen LogP contribution in [0.25, 0.3) is 0 Å². The van der Waals surface area contributed by atoms with Gasteiger partial charge in [0.2, 0.25) is 11.8 Å². The minimum absolute atomic E-state index is 0.0138. The Morgan fingerprint density at radius 1 is 1.18 bits per heavy atom. The highest BCUT2D eigenvalue weighted by molar-refractivity contribution is 5.79. The summed E-state index contributed by atoms with van der Waals surface area (Å²) in [6.45, 7) is 4.84. The Hall–Kier alpha value is -3.43. The van der Waals surface area contributed by atoms with E-state index >= 15 is 0 Å². The number of carbonyl (C=O) groups is 2. The van der Waals surface area contributed by atoms with E-state index in [9.17, 15) is 9.59 Å². The third-order valence-corrected chi connectivity index (χ3v) is 7.48. The van der Waals surface area contributed by atoms with Gasteiger partial charge in [0.15, 0.2) is 0 Å². The van der Waals surface area contributed by atoms with Crippen LogP contribution in [0.15, 0.2) is 54.7 Å². The number of hydrogen-bond donors (Lipinski definition) is 2. The van der Waals surface area contributed by atoms with Crippen molar-refractivity contribution in [2.45, 2.75) is 25.9 Å². The number of likely N-dealkylation sites (N-methyl/N-ethyl adjacent to an activating group) is 2. The number of carbonyl (C=O) groups excluding carboxylic acids is 2. The lowest BCUT2D eigenvalue weighted by atomic mass is 9.82. The summed E-state index contributed by atoms with van der Waals surface area (Å²) >= 11 is 0. The van der Waals surface area contributed by atoms with Crippen molar-refractivity contribution in [2.24, 2.45) is 11.8 Å². The number of ether oxygens (including phenoxy) is 1. The summed E-state index contributed by atoms with van der Waals surface area (Å²) in [5.41, 5.74) is 2.99. The van der Waals surface area contributed by atoms with E-state index in [1.54, 1.807) is 6.20 Å². The molecule has 1 aromatic heterocycles. The number of aromatic nitrogens is 1. The van der Waals surface area contributed by atoms with Crippen molar-refractivity contribution in [3.63, 3.8) is 0 Å². The lowest BCUT2D eigenvalue weighted by molar-refractivity contribution is -0.132. The number of nitrogens with zero attached hydrogens (tertiary/aromatic N) is 4. The van der Waals surface area contributed by atoms with Crippen molar-refractivity contribution >= 4 is 17.5 Å². The topological polar surface area (TPSA) is 90.0 Å². The van der Waals surface area contributed by atoms with Crippen LogP contribution in [-0.4, -0.2) is 87.1 Å². The van der Waals surface area contributed by atoms with Crippen LogP contribution >= 0.6 is 0 Å². The van der Waals surface area contributed by atoms with Crippen LogP contribution in [0.5, 0.6) is 5.75 Å². The summed E-state index contributed by atoms with van der Waals surface area (Å²) in [5, 5.41) is 6.33. The van der Waals surface area contributed by atoms with E-state index in [1.807, 2.05) is 35.2 Å². The van der Waals surface area contributed by atoms with Crippen LogP contribution in [0.2, 0.25) is 0 Å². The zero-order valence-corrected chi connectivity index (χ0v) is 23.4. The predicted octanol–water partition coefficient (Wildman–Crippen LogP) is 2.29. The first-order chi connectivity index (χ1) is 18.9. The van der Waals surface area contributed by atoms with Gasteiger partial charge in [0.25, 0.3) is 0 Å². The highest BCUT2D eigenvalue weighted by Gasteiger charge is 2.31. The number of fused-ring (bicyclic) bond motifs is 3. The molecule has 2 atom stereocenters. The second-order valence-electron chi connectivity index (χ2n) is 10.7. The maximum absolute atomic E-state index is 13.1. The highest BCUT2D eigenvalue weighted by Crippen LogP contribution is 2.29. The standard InChI is InChI=1S/C30H42N6O3/c1-34(2)14-15-35(3)27-9-10-28-25(17-27)19-31-21-30(38)36-13-11-23(24(22-36)7-6-16-39-28)18-29(37)33-20-26-8-4-5-12-32-26/h4-10,12,17,23-24,31H,11,13-16,18-22H2,1-3H3,(H,33,37)/b7-6-/t23-,24-/m0/s1.